The highest BCUT2D eigenvalue weighted by Crippen LogP contribution is 2.37. The SMILES string of the molecule is CCOC1(C(=O)c2cccnc2)CCC(C)CC1. The summed E-state index contributed by atoms with van der Waals surface area (Å²) in [5.41, 5.74) is 0.0603. The summed E-state index contributed by atoms with van der Waals surface area (Å²) in [6, 6.07) is 3.63. The summed E-state index contributed by atoms with van der Waals surface area (Å²) in [6.45, 7) is 4.78. The summed E-state index contributed by atoms with van der Waals surface area (Å²) < 4.78 is 5.86. The topological polar surface area (TPSA) is 39.2 Å². The third-order valence-electron chi connectivity index (χ3n) is 3.84. The molecule has 1 fully saturated rings. The highest BCUT2D eigenvalue weighted by Gasteiger charge is 2.42. The Labute approximate surface area is 109 Å². The Hall–Kier alpha value is -1.22. The largest absolute Gasteiger partial charge is 0.367 e. The Balaban J connectivity index is 2.22. The molecule has 0 saturated heterocycles. The molecule has 1 aromatic rings. The summed E-state index contributed by atoms with van der Waals surface area (Å²) in [7, 11) is 0. The van der Waals surface area contributed by atoms with Crippen LogP contribution in [0.3, 0.4) is 0 Å². The van der Waals surface area contributed by atoms with Crippen LogP contribution in [0.15, 0.2) is 24.5 Å². The molecule has 18 heavy (non-hydrogen) atoms. The fourth-order valence-corrected chi connectivity index (χ4v) is 2.70. The summed E-state index contributed by atoms with van der Waals surface area (Å²) in [5.74, 6) is 0.796. The minimum Gasteiger partial charge on any atom is -0.367 e. The van der Waals surface area contributed by atoms with Crippen LogP contribution in [0.2, 0.25) is 0 Å². The Morgan fingerprint density at radius 1 is 1.50 bits per heavy atom. The number of aromatic nitrogens is 1. The van der Waals surface area contributed by atoms with Crippen LogP contribution in [0.4, 0.5) is 0 Å². The van der Waals surface area contributed by atoms with Crippen LogP contribution in [0.25, 0.3) is 0 Å². The van der Waals surface area contributed by atoms with Crippen LogP contribution in [0, 0.1) is 5.92 Å². The molecule has 0 spiro atoms. The molecule has 0 radical (unpaired) electrons. The minimum atomic E-state index is -0.607. The Morgan fingerprint density at radius 3 is 2.78 bits per heavy atom. The molecule has 1 aliphatic carbocycles. The fourth-order valence-electron chi connectivity index (χ4n) is 2.70. The zero-order valence-electron chi connectivity index (χ0n) is 11.2. The lowest BCUT2D eigenvalue weighted by molar-refractivity contribution is -0.0474. The lowest BCUT2D eigenvalue weighted by Crippen LogP contribution is -2.44. The molecule has 3 heteroatoms. The molecule has 1 saturated carbocycles. The summed E-state index contributed by atoms with van der Waals surface area (Å²) in [6.07, 6.45) is 7.11. The first-order chi connectivity index (χ1) is 8.68. The minimum absolute atomic E-state index is 0.101. The van der Waals surface area contributed by atoms with Gasteiger partial charge in [0.1, 0.15) is 5.60 Å². The predicted octanol–water partition coefficient (Wildman–Crippen LogP) is 3.25. The maximum Gasteiger partial charge on any atom is 0.196 e. The van der Waals surface area contributed by atoms with Gasteiger partial charge in [0.05, 0.1) is 0 Å². The molecule has 3 nitrogen and oxygen atoms in total. The highest BCUT2D eigenvalue weighted by molar-refractivity contribution is 6.02. The van der Waals surface area contributed by atoms with Gasteiger partial charge in [0, 0.05) is 24.6 Å². The third-order valence-corrected chi connectivity index (χ3v) is 3.84. The van der Waals surface area contributed by atoms with Crippen molar-refractivity contribution in [1.29, 1.82) is 0 Å². The van der Waals surface area contributed by atoms with Crippen molar-refractivity contribution in [2.24, 2.45) is 5.92 Å². The monoisotopic (exact) mass is 247 g/mol. The molecule has 0 bridgehead atoms. The van der Waals surface area contributed by atoms with E-state index in [0.29, 0.717) is 18.1 Å². The second-order valence-corrected chi connectivity index (χ2v) is 5.18. The second kappa shape index (κ2) is 5.61. The van der Waals surface area contributed by atoms with Crippen LogP contribution >= 0.6 is 0 Å². The van der Waals surface area contributed by atoms with E-state index in [0.717, 1.165) is 25.7 Å². The van der Waals surface area contributed by atoms with Gasteiger partial charge in [0.15, 0.2) is 5.78 Å². The molecule has 98 valence electrons. The van der Waals surface area contributed by atoms with E-state index in [1.807, 2.05) is 13.0 Å². The molecule has 2 rings (SSSR count). The van der Waals surface area contributed by atoms with Crippen molar-refractivity contribution in [2.75, 3.05) is 6.61 Å². The van der Waals surface area contributed by atoms with Crippen molar-refractivity contribution >= 4 is 5.78 Å². The third kappa shape index (κ3) is 2.61. The summed E-state index contributed by atoms with van der Waals surface area (Å²) >= 11 is 0. The lowest BCUT2D eigenvalue weighted by Gasteiger charge is -2.37. The van der Waals surface area contributed by atoms with Crippen LogP contribution in [-0.2, 0) is 4.74 Å². The van der Waals surface area contributed by atoms with Crippen molar-refractivity contribution in [2.45, 2.75) is 45.1 Å². The summed E-state index contributed by atoms with van der Waals surface area (Å²) in [5, 5.41) is 0. The first-order valence-corrected chi connectivity index (χ1v) is 6.77. The van der Waals surface area contributed by atoms with Gasteiger partial charge in [-0.25, -0.2) is 0 Å². The van der Waals surface area contributed by atoms with Gasteiger partial charge in [-0.3, -0.25) is 9.78 Å². The van der Waals surface area contributed by atoms with Gasteiger partial charge in [0.25, 0.3) is 0 Å². The molecule has 0 aliphatic heterocycles. The molecule has 0 atom stereocenters. The van der Waals surface area contributed by atoms with Gasteiger partial charge >= 0.3 is 0 Å². The van der Waals surface area contributed by atoms with Crippen molar-refractivity contribution < 1.29 is 9.53 Å². The molecule has 0 aromatic carbocycles. The highest BCUT2D eigenvalue weighted by atomic mass is 16.5. The number of hydrogen-bond donors (Lipinski definition) is 0. The number of nitrogens with zero attached hydrogens (tertiary/aromatic N) is 1. The smallest absolute Gasteiger partial charge is 0.196 e. The second-order valence-electron chi connectivity index (χ2n) is 5.18. The van der Waals surface area contributed by atoms with Gasteiger partial charge in [-0.15, -0.1) is 0 Å². The molecule has 0 amide bonds. The van der Waals surface area contributed by atoms with Gasteiger partial charge in [-0.1, -0.05) is 6.92 Å². The van der Waals surface area contributed by atoms with Crippen molar-refractivity contribution in [3.05, 3.63) is 30.1 Å². The number of ether oxygens (including phenoxy) is 1. The van der Waals surface area contributed by atoms with Crippen molar-refractivity contribution in [1.82, 2.24) is 4.98 Å². The van der Waals surface area contributed by atoms with Gasteiger partial charge in [-0.05, 0) is 50.7 Å². The van der Waals surface area contributed by atoms with Gasteiger partial charge < -0.3 is 4.74 Å². The fraction of sp³-hybridized carbons (Fsp3) is 0.600. The van der Waals surface area contributed by atoms with E-state index in [1.165, 1.54) is 0 Å². The standard InChI is InChI=1S/C15H21NO2/c1-3-18-15(8-6-12(2)7-9-15)14(17)13-5-4-10-16-11-13/h4-5,10-12H,3,6-9H2,1-2H3. The molecule has 1 aromatic heterocycles. The Morgan fingerprint density at radius 2 is 2.22 bits per heavy atom. The van der Waals surface area contributed by atoms with E-state index in [4.69, 9.17) is 4.74 Å². The Bertz CT molecular complexity index is 394. The molecule has 0 unspecified atom stereocenters. The number of carbonyl (C=O) groups excluding carboxylic acids is 1. The molecule has 1 aliphatic rings. The van der Waals surface area contributed by atoms with E-state index in [1.54, 1.807) is 18.5 Å². The number of carbonyl (C=O) groups is 1. The van der Waals surface area contributed by atoms with Crippen molar-refractivity contribution in [3.63, 3.8) is 0 Å². The average Bonchev–Trinajstić information content (AvgIpc) is 2.42. The number of rotatable bonds is 4. The van der Waals surface area contributed by atoms with Gasteiger partial charge in [-0.2, -0.15) is 0 Å². The molecular weight excluding hydrogens is 226 g/mol. The maximum absolute atomic E-state index is 12.7. The number of Topliss-reactive ketones (excluding diaryl/α,β-unsaturated/α-hetero) is 1. The quantitative estimate of drug-likeness (QED) is 0.767. The van der Waals surface area contributed by atoms with Gasteiger partial charge in [0.2, 0.25) is 0 Å². The van der Waals surface area contributed by atoms with Crippen LogP contribution in [0.1, 0.15) is 49.9 Å². The lowest BCUT2D eigenvalue weighted by atomic mass is 9.75. The predicted molar refractivity (Wildman–Crippen MR) is 70.6 cm³/mol. The van der Waals surface area contributed by atoms with Crippen LogP contribution < -0.4 is 0 Å². The van der Waals surface area contributed by atoms with E-state index >= 15 is 0 Å². The van der Waals surface area contributed by atoms with E-state index in [9.17, 15) is 4.79 Å². The van der Waals surface area contributed by atoms with E-state index < -0.39 is 5.60 Å². The van der Waals surface area contributed by atoms with Crippen molar-refractivity contribution in [3.8, 4) is 0 Å². The zero-order valence-corrected chi connectivity index (χ0v) is 11.2. The molecular formula is C15H21NO2. The first-order valence-electron chi connectivity index (χ1n) is 6.77. The number of hydrogen-bond acceptors (Lipinski definition) is 3. The average molecular weight is 247 g/mol. The Kier molecular flexibility index (Phi) is 4.12. The van der Waals surface area contributed by atoms with Crippen LogP contribution in [-0.4, -0.2) is 23.0 Å². The zero-order chi connectivity index (χ0) is 13.0. The van der Waals surface area contributed by atoms with E-state index in [2.05, 4.69) is 11.9 Å². The summed E-state index contributed by atoms with van der Waals surface area (Å²) in [4.78, 5) is 16.7. The molecule has 1 heterocycles. The maximum atomic E-state index is 12.7. The first kappa shape index (κ1) is 13.2. The number of ketones is 1. The van der Waals surface area contributed by atoms with Crippen LogP contribution in [0.5, 0.6) is 0 Å². The normalized spacial score (nSPS) is 28.0. The van der Waals surface area contributed by atoms with E-state index in [-0.39, 0.29) is 5.78 Å². The number of pyridine rings is 1. The molecule has 0 N–H and O–H groups in total.